The van der Waals surface area contributed by atoms with E-state index in [1.807, 2.05) is 6.92 Å². The number of rotatable bonds is 8. The number of nitrogens with one attached hydrogen (secondary N) is 1. The average molecular weight is 291 g/mol. The average Bonchev–Trinajstić information content (AvgIpc) is 2.43. The summed E-state index contributed by atoms with van der Waals surface area (Å²) in [5.74, 6) is -0.645. The molecule has 0 fully saturated rings. The van der Waals surface area contributed by atoms with Gasteiger partial charge in [0.2, 0.25) is 0 Å². The fraction of sp³-hybridized carbons (Fsp3) is 0.375. The van der Waals surface area contributed by atoms with Gasteiger partial charge in [-0.05, 0) is 37.1 Å². The van der Waals surface area contributed by atoms with Crippen LogP contribution in [0.25, 0.3) is 6.08 Å². The van der Waals surface area contributed by atoms with Crippen molar-refractivity contribution >= 4 is 18.0 Å². The topological polar surface area (TPSA) is 75.6 Å². The summed E-state index contributed by atoms with van der Waals surface area (Å²) >= 11 is 0. The molecule has 0 aliphatic carbocycles. The van der Waals surface area contributed by atoms with Crippen LogP contribution in [-0.4, -0.2) is 29.6 Å². The maximum absolute atomic E-state index is 11.7. The van der Waals surface area contributed by atoms with Crippen molar-refractivity contribution in [2.24, 2.45) is 0 Å². The van der Waals surface area contributed by atoms with E-state index in [0.717, 1.165) is 18.9 Å². The normalized spacial score (nSPS) is 12.1. The van der Waals surface area contributed by atoms with Gasteiger partial charge in [0.1, 0.15) is 5.75 Å². The molecule has 0 aromatic heterocycles. The lowest BCUT2D eigenvalue weighted by Crippen LogP contribution is -2.35. The van der Waals surface area contributed by atoms with Gasteiger partial charge < -0.3 is 15.2 Å². The number of benzene rings is 1. The zero-order valence-electron chi connectivity index (χ0n) is 12.3. The van der Waals surface area contributed by atoms with E-state index in [1.54, 1.807) is 24.3 Å². The molecule has 1 amide bonds. The molecule has 0 bridgehead atoms. The first kappa shape index (κ1) is 16.8. The Bertz CT molecular complexity index is 511. The van der Waals surface area contributed by atoms with Crippen molar-refractivity contribution in [1.29, 1.82) is 0 Å². The fourth-order valence-corrected chi connectivity index (χ4v) is 1.85. The summed E-state index contributed by atoms with van der Waals surface area (Å²) in [4.78, 5) is 22.1. The number of carboxylic acids is 1. The van der Waals surface area contributed by atoms with Gasteiger partial charge in [-0.1, -0.05) is 25.5 Å². The molecule has 2 N–H and O–H groups in total. The lowest BCUT2D eigenvalue weighted by molar-refractivity contribution is -0.131. The van der Waals surface area contributed by atoms with Gasteiger partial charge in [0.25, 0.3) is 5.91 Å². The van der Waals surface area contributed by atoms with Gasteiger partial charge >= 0.3 is 5.97 Å². The molecule has 1 aromatic rings. The van der Waals surface area contributed by atoms with E-state index in [-0.39, 0.29) is 18.6 Å². The van der Waals surface area contributed by atoms with E-state index in [2.05, 4.69) is 12.2 Å². The Morgan fingerprint density at radius 3 is 2.86 bits per heavy atom. The third-order valence-electron chi connectivity index (χ3n) is 2.78. The third-order valence-corrected chi connectivity index (χ3v) is 2.78. The Labute approximate surface area is 124 Å². The Hall–Kier alpha value is -2.30. The molecule has 5 nitrogen and oxygen atoms in total. The van der Waals surface area contributed by atoms with Crippen LogP contribution in [0, 0.1) is 0 Å². The van der Waals surface area contributed by atoms with Crippen molar-refractivity contribution in [2.75, 3.05) is 6.61 Å². The number of aliphatic carboxylic acids is 1. The number of amides is 1. The molecule has 0 spiro atoms. The molecule has 0 aliphatic heterocycles. The van der Waals surface area contributed by atoms with Gasteiger partial charge in [-0.3, -0.25) is 4.79 Å². The van der Waals surface area contributed by atoms with E-state index in [1.165, 1.54) is 6.08 Å². The Morgan fingerprint density at radius 1 is 1.43 bits per heavy atom. The third kappa shape index (κ3) is 7.15. The highest BCUT2D eigenvalue weighted by atomic mass is 16.5. The van der Waals surface area contributed by atoms with E-state index in [9.17, 15) is 9.59 Å². The van der Waals surface area contributed by atoms with E-state index in [4.69, 9.17) is 9.84 Å². The number of ether oxygens (including phenoxy) is 1. The van der Waals surface area contributed by atoms with Crippen LogP contribution in [0.3, 0.4) is 0 Å². The van der Waals surface area contributed by atoms with Gasteiger partial charge in [-0.15, -0.1) is 0 Å². The minimum Gasteiger partial charge on any atom is -0.484 e. The van der Waals surface area contributed by atoms with Crippen molar-refractivity contribution < 1.29 is 19.4 Å². The summed E-state index contributed by atoms with van der Waals surface area (Å²) in [5, 5.41) is 11.4. The maximum atomic E-state index is 11.7. The summed E-state index contributed by atoms with van der Waals surface area (Å²) in [7, 11) is 0. The van der Waals surface area contributed by atoms with Crippen LogP contribution in [0.15, 0.2) is 30.3 Å². The first-order chi connectivity index (χ1) is 10.0. The zero-order valence-corrected chi connectivity index (χ0v) is 12.3. The second-order valence-corrected chi connectivity index (χ2v) is 4.79. The van der Waals surface area contributed by atoms with Crippen LogP contribution in [0.2, 0.25) is 0 Å². The molecule has 0 heterocycles. The van der Waals surface area contributed by atoms with Crippen LogP contribution < -0.4 is 10.1 Å². The minimum atomic E-state index is -1.01. The summed E-state index contributed by atoms with van der Waals surface area (Å²) < 4.78 is 5.40. The molecule has 1 atom stereocenters. The van der Waals surface area contributed by atoms with Gasteiger partial charge in [-0.25, -0.2) is 4.79 Å². The second kappa shape index (κ2) is 8.79. The van der Waals surface area contributed by atoms with Gasteiger partial charge in [-0.2, -0.15) is 0 Å². The predicted octanol–water partition coefficient (Wildman–Crippen LogP) is 2.47. The minimum absolute atomic E-state index is 0.0554. The van der Waals surface area contributed by atoms with Crippen LogP contribution >= 0.6 is 0 Å². The lowest BCUT2D eigenvalue weighted by Gasteiger charge is -2.13. The van der Waals surface area contributed by atoms with Crippen LogP contribution in [-0.2, 0) is 9.59 Å². The monoisotopic (exact) mass is 291 g/mol. The molecule has 0 saturated heterocycles. The largest absolute Gasteiger partial charge is 0.484 e. The standard InChI is InChI=1S/C16H21NO4/c1-3-5-12(2)17-15(18)11-21-14-7-4-6-13(10-14)8-9-16(19)20/h4,6-10,12H,3,5,11H2,1-2H3,(H,17,18)(H,19,20). The molecule has 0 radical (unpaired) electrons. The molecule has 1 unspecified atom stereocenters. The molecule has 0 aliphatic rings. The van der Waals surface area contributed by atoms with Crippen molar-refractivity contribution in [3.8, 4) is 5.75 Å². The van der Waals surface area contributed by atoms with Crippen molar-refractivity contribution in [2.45, 2.75) is 32.7 Å². The maximum Gasteiger partial charge on any atom is 0.328 e. The molecule has 21 heavy (non-hydrogen) atoms. The molecular weight excluding hydrogens is 270 g/mol. The molecule has 114 valence electrons. The summed E-state index contributed by atoms with van der Waals surface area (Å²) in [6, 6.07) is 7.05. The molecule has 1 rings (SSSR count). The zero-order chi connectivity index (χ0) is 15.7. The highest BCUT2D eigenvalue weighted by molar-refractivity contribution is 5.85. The van der Waals surface area contributed by atoms with Crippen molar-refractivity contribution in [3.05, 3.63) is 35.9 Å². The first-order valence-electron chi connectivity index (χ1n) is 6.94. The number of carboxylic acid groups (broad SMARTS) is 1. The van der Waals surface area contributed by atoms with Gasteiger partial charge in [0, 0.05) is 12.1 Å². The van der Waals surface area contributed by atoms with Crippen LogP contribution in [0.4, 0.5) is 0 Å². The number of hydrogen-bond acceptors (Lipinski definition) is 3. The highest BCUT2D eigenvalue weighted by Crippen LogP contribution is 2.14. The fourth-order valence-electron chi connectivity index (χ4n) is 1.85. The Kier molecular flexibility index (Phi) is 7.01. The van der Waals surface area contributed by atoms with Crippen LogP contribution in [0.1, 0.15) is 32.3 Å². The molecule has 5 heteroatoms. The smallest absolute Gasteiger partial charge is 0.328 e. The van der Waals surface area contributed by atoms with E-state index in [0.29, 0.717) is 11.3 Å². The number of carbonyl (C=O) groups excluding carboxylic acids is 1. The van der Waals surface area contributed by atoms with E-state index >= 15 is 0 Å². The molecular formula is C16H21NO4. The summed E-state index contributed by atoms with van der Waals surface area (Å²) in [6.45, 7) is 3.97. The second-order valence-electron chi connectivity index (χ2n) is 4.79. The predicted molar refractivity (Wildman–Crippen MR) is 81.1 cm³/mol. The van der Waals surface area contributed by atoms with Crippen molar-refractivity contribution in [3.63, 3.8) is 0 Å². The molecule has 1 aromatic carbocycles. The number of hydrogen-bond donors (Lipinski definition) is 2. The quantitative estimate of drug-likeness (QED) is 0.721. The first-order valence-corrected chi connectivity index (χ1v) is 6.94. The lowest BCUT2D eigenvalue weighted by atomic mass is 10.2. The summed E-state index contributed by atoms with van der Waals surface area (Å²) in [5.41, 5.74) is 0.703. The Morgan fingerprint density at radius 2 is 2.19 bits per heavy atom. The molecule has 0 saturated carbocycles. The Balaban J connectivity index is 2.50. The van der Waals surface area contributed by atoms with Crippen molar-refractivity contribution in [1.82, 2.24) is 5.32 Å². The SMILES string of the molecule is CCCC(C)NC(=O)COc1cccc(C=CC(=O)O)c1. The summed E-state index contributed by atoms with van der Waals surface area (Å²) in [6.07, 6.45) is 4.47. The van der Waals surface area contributed by atoms with Gasteiger partial charge in [0.15, 0.2) is 6.61 Å². The van der Waals surface area contributed by atoms with Gasteiger partial charge in [0.05, 0.1) is 0 Å². The number of carbonyl (C=O) groups is 2. The van der Waals surface area contributed by atoms with E-state index < -0.39 is 5.97 Å². The highest BCUT2D eigenvalue weighted by Gasteiger charge is 2.07. The van der Waals surface area contributed by atoms with Crippen LogP contribution in [0.5, 0.6) is 5.75 Å².